The van der Waals surface area contributed by atoms with Gasteiger partial charge in [0.15, 0.2) is 5.69 Å². The lowest BCUT2D eigenvalue weighted by Crippen LogP contribution is -2.08. The molecule has 0 atom stereocenters. The monoisotopic (exact) mass is 256 g/mol. The normalized spacial score (nSPS) is 9.95. The number of carbonyl (C=O) groups excluding carboxylic acids is 1. The minimum atomic E-state index is -0.603. The van der Waals surface area contributed by atoms with Crippen LogP contribution in [0.3, 0.4) is 0 Å². The first-order valence-electron chi connectivity index (χ1n) is 5.52. The van der Waals surface area contributed by atoms with Gasteiger partial charge in [0.05, 0.1) is 18.4 Å². The average molecular weight is 256 g/mol. The molecule has 0 unspecified atom stereocenters. The number of imidazole rings is 1. The highest BCUT2D eigenvalue weighted by molar-refractivity contribution is 5.92. The number of nitrogens with two attached hydrogens (primary N) is 1. The number of anilines is 1. The zero-order chi connectivity index (χ0) is 14.0. The van der Waals surface area contributed by atoms with Gasteiger partial charge in [-0.2, -0.15) is 5.26 Å². The molecular weight excluding hydrogens is 244 g/mol. The van der Waals surface area contributed by atoms with Crippen molar-refractivity contribution in [2.45, 2.75) is 6.92 Å². The van der Waals surface area contributed by atoms with Crippen molar-refractivity contribution in [3.63, 3.8) is 0 Å². The van der Waals surface area contributed by atoms with Crippen LogP contribution in [0.25, 0.3) is 5.69 Å². The van der Waals surface area contributed by atoms with Crippen molar-refractivity contribution in [2.75, 3.05) is 12.8 Å². The lowest BCUT2D eigenvalue weighted by atomic mass is 10.2. The fraction of sp³-hybridized carbons (Fsp3) is 0.154. The van der Waals surface area contributed by atoms with Gasteiger partial charge in [-0.15, -0.1) is 0 Å². The molecule has 2 rings (SSSR count). The standard InChI is InChI=1S/C13H12N4O2/c1-8-16-11(13(18)19-2)12(15)17(8)10-6-4-3-5-9(10)7-14/h3-6H,15H2,1-2H3. The zero-order valence-corrected chi connectivity index (χ0v) is 10.5. The lowest BCUT2D eigenvalue weighted by molar-refractivity contribution is 0.0596. The van der Waals surface area contributed by atoms with Crippen LogP contribution in [0.1, 0.15) is 21.9 Å². The summed E-state index contributed by atoms with van der Waals surface area (Å²) in [4.78, 5) is 15.6. The molecule has 1 aromatic heterocycles. The summed E-state index contributed by atoms with van der Waals surface area (Å²) < 4.78 is 6.18. The molecule has 6 heteroatoms. The number of ether oxygens (including phenoxy) is 1. The molecule has 0 aliphatic carbocycles. The van der Waals surface area contributed by atoms with Crippen molar-refractivity contribution < 1.29 is 9.53 Å². The van der Waals surface area contributed by atoms with Crippen molar-refractivity contribution >= 4 is 11.8 Å². The summed E-state index contributed by atoms with van der Waals surface area (Å²) >= 11 is 0. The van der Waals surface area contributed by atoms with Crippen molar-refractivity contribution in [1.29, 1.82) is 5.26 Å². The second kappa shape index (κ2) is 4.82. The Kier molecular flexibility index (Phi) is 3.21. The minimum Gasteiger partial charge on any atom is -0.464 e. The molecule has 0 aliphatic rings. The van der Waals surface area contributed by atoms with E-state index < -0.39 is 5.97 Å². The molecule has 19 heavy (non-hydrogen) atoms. The van der Waals surface area contributed by atoms with Gasteiger partial charge in [-0.05, 0) is 19.1 Å². The number of esters is 1. The van der Waals surface area contributed by atoms with E-state index >= 15 is 0 Å². The molecule has 6 nitrogen and oxygen atoms in total. The second-order valence-corrected chi connectivity index (χ2v) is 3.85. The van der Waals surface area contributed by atoms with Crippen LogP contribution in [0.4, 0.5) is 5.82 Å². The molecule has 2 aromatic rings. The molecule has 0 bridgehead atoms. The van der Waals surface area contributed by atoms with Gasteiger partial charge in [-0.1, -0.05) is 12.1 Å². The largest absolute Gasteiger partial charge is 0.464 e. The van der Waals surface area contributed by atoms with E-state index in [9.17, 15) is 4.79 Å². The van der Waals surface area contributed by atoms with Crippen LogP contribution in [-0.2, 0) is 4.74 Å². The molecular formula is C13H12N4O2. The molecule has 0 aliphatic heterocycles. The van der Waals surface area contributed by atoms with Crippen LogP contribution in [0.5, 0.6) is 0 Å². The average Bonchev–Trinajstić information content (AvgIpc) is 2.73. The first-order chi connectivity index (χ1) is 9.10. The molecule has 0 radical (unpaired) electrons. The number of aromatic nitrogens is 2. The molecule has 1 heterocycles. The highest BCUT2D eigenvalue weighted by Gasteiger charge is 2.21. The maximum Gasteiger partial charge on any atom is 0.360 e. The van der Waals surface area contributed by atoms with Crippen LogP contribution < -0.4 is 5.73 Å². The van der Waals surface area contributed by atoms with Crippen molar-refractivity contribution in [1.82, 2.24) is 9.55 Å². The molecule has 0 fully saturated rings. The van der Waals surface area contributed by atoms with E-state index in [-0.39, 0.29) is 11.5 Å². The number of rotatable bonds is 2. The first kappa shape index (κ1) is 12.6. The quantitative estimate of drug-likeness (QED) is 0.820. The van der Waals surface area contributed by atoms with Gasteiger partial charge in [0, 0.05) is 0 Å². The summed E-state index contributed by atoms with van der Waals surface area (Å²) in [6.07, 6.45) is 0. The summed E-state index contributed by atoms with van der Waals surface area (Å²) in [6, 6.07) is 9.03. The summed E-state index contributed by atoms with van der Waals surface area (Å²) in [5.74, 6) is 0.0708. The number of nitrogen functional groups attached to an aromatic ring is 1. The number of para-hydroxylation sites is 1. The maximum absolute atomic E-state index is 11.5. The maximum atomic E-state index is 11.5. The molecule has 0 amide bonds. The smallest absolute Gasteiger partial charge is 0.360 e. The van der Waals surface area contributed by atoms with Crippen molar-refractivity contribution in [3.8, 4) is 11.8 Å². The van der Waals surface area contributed by atoms with E-state index in [1.807, 2.05) is 0 Å². The Labute approximate surface area is 110 Å². The summed E-state index contributed by atoms with van der Waals surface area (Å²) in [5.41, 5.74) is 7.01. The summed E-state index contributed by atoms with van der Waals surface area (Å²) in [6.45, 7) is 1.71. The molecule has 96 valence electrons. The molecule has 0 saturated heterocycles. The van der Waals surface area contributed by atoms with Crippen LogP contribution in [0.15, 0.2) is 24.3 Å². The second-order valence-electron chi connectivity index (χ2n) is 3.85. The fourth-order valence-electron chi connectivity index (χ4n) is 1.86. The Morgan fingerprint density at radius 1 is 1.47 bits per heavy atom. The zero-order valence-electron chi connectivity index (χ0n) is 10.5. The van der Waals surface area contributed by atoms with Gasteiger partial charge in [-0.3, -0.25) is 4.57 Å². The van der Waals surface area contributed by atoms with E-state index in [0.717, 1.165) is 0 Å². The van der Waals surface area contributed by atoms with Gasteiger partial charge in [0.1, 0.15) is 17.7 Å². The number of carbonyl (C=O) groups is 1. The van der Waals surface area contributed by atoms with Crippen LogP contribution in [0, 0.1) is 18.3 Å². The Bertz CT molecular complexity index is 682. The Morgan fingerprint density at radius 3 is 2.79 bits per heavy atom. The SMILES string of the molecule is COC(=O)c1nc(C)n(-c2ccccc2C#N)c1N. The van der Waals surface area contributed by atoms with Crippen LogP contribution in [0.2, 0.25) is 0 Å². The number of hydrogen-bond acceptors (Lipinski definition) is 5. The number of aryl methyl sites for hydroxylation is 1. The van der Waals surface area contributed by atoms with Crippen molar-refractivity contribution in [3.05, 3.63) is 41.3 Å². The predicted octanol–water partition coefficient (Wildman–Crippen LogP) is 1.42. The Balaban J connectivity index is 2.67. The predicted molar refractivity (Wildman–Crippen MR) is 68.8 cm³/mol. The third kappa shape index (κ3) is 2.02. The third-order valence-electron chi connectivity index (χ3n) is 2.72. The highest BCUT2D eigenvalue weighted by Crippen LogP contribution is 2.23. The van der Waals surface area contributed by atoms with Gasteiger partial charge in [-0.25, -0.2) is 9.78 Å². The Morgan fingerprint density at radius 2 is 2.16 bits per heavy atom. The number of nitrogens with zero attached hydrogens (tertiary/aromatic N) is 3. The number of nitriles is 1. The van der Waals surface area contributed by atoms with Crippen LogP contribution in [-0.4, -0.2) is 22.6 Å². The lowest BCUT2D eigenvalue weighted by Gasteiger charge is -2.09. The minimum absolute atomic E-state index is 0.0488. The van der Waals surface area contributed by atoms with E-state index in [4.69, 9.17) is 11.0 Å². The van der Waals surface area contributed by atoms with E-state index in [1.54, 1.807) is 35.8 Å². The van der Waals surface area contributed by atoms with E-state index in [2.05, 4.69) is 15.8 Å². The topological polar surface area (TPSA) is 93.9 Å². The van der Waals surface area contributed by atoms with Gasteiger partial charge >= 0.3 is 5.97 Å². The van der Waals surface area contributed by atoms with E-state index in [1.165, 1.54) is 7.11 Å². The molecule has 0 saturated carbocycles. The van der Waals surface area contributed by atoms with Crippen LogP contribution >= 0.6 is 0 Å². The number of hydrogen-bond donors (Lipinski definition) is 1. The molecule has 0 spiro atoms. The first-order valence-corrected chi connectivity index (χ1v) is 5.52. The number of methoxy groups -OCH3 is 1. The number of benzene rings is 1. The highest BCUT2D eigenvalue weighted by atomic mass is 16.5. The summed E-state index contributed by atoms with van der Waals surface area (Å²) in [7, 11) is 1.26. The molecule has 2 N–H and O–H groups in total. The van der Waals surface area contributed by atoms with Gasteiger partial charge in [0.25, 0.3) is 0 Å². The Hall–Kier alpha value is -2.81. The van der Waals surface area contributed by atoms with Gasteiger partial charge < -0.3 is 10.5 Å². The summed E-state index contributed by atoms with van der Waals surface area (Å²) in [5, 5.41) is 9.11. The third-order valence-corrected chi connectivity index (χ3v) is 2.72. The van der Waals surface area contributed by atoms with Crippen molar-refractivity contribution in [2.24, 2.45) is 0 Å². The van der Waals surface area contributed by atoms with Gasteiger partial charge in [0.2, 0.25) is 0 Å². The molecule has 1 aromatic carbocycles. The van der Waals surface area contributed by atoms with E-state index in [0.29, 0.717) is 17.1 Å². The fourth-order valence-corrected chi connectivity index (χ4v) is 1.86.